The lowest BCUT2D eigenvalue weighted by atomic mass is 9.97. The van der Waals surface area contributed by atoms with Crippen molar-refractivity contribution in [1.29, 1.82) is 0 Å². The molecule has 0 N–H and O–H groups in total. The van der Waals surface area contributed by atoms with Gasteiger partial charge in [-0.05, 0) is 29.2 Å². The highest BCUT2D eigenvalue weighted by Crippen LogP contribution is 2.41. The molecule has 38 heavy (non-hydrogen) atoms. The number of hydrogen-bond acceptors (Lipinski definition) is 6. The lowest BCUT2D eigenvalue weighted by molar-refractivity contribution is -0.384. The molecular weight excluding hydrogens is 476 g/mol. The number of anilines is 1. The first-order valence-electron chi connectivity index (χ1n) is 13.1. The summed E-state index contributed by atoms with van der Waals surface area (Å²) < 4.78 is 5.65. The van der Waals surface area contributed by atoms with E-state index >= 15 is 0 Å². The van der Waals surface area contributed by atoms with Gasteiger partial charge in [-0.2, -0.15) is 0 Å². The fraction of sp³-hybridized carbons (Fsp3) is 0.258. The zero-order valence-corrected chi connectivity index (χ0v) is 21.2. The van der Waals surface area contributed by atoms with Gasteiger partial charge in [0.05, 0.1) is 41.3 Å². The summed E-state index contributed by atoms with van der Waals surface area (Å²) >= 11 is 0. The molecule has 0 aliphatic carbocycles. The van der Waals surface area contributed by atoms with Crippen LogP contribution < -0.4 is 4.90 Å². The Bertz CT molecular complexity index is 1400. The Balaban J connectivity index is 1.46. The lowest BCUT2D eigenvalue weighted by Crippen LogP contribution is -2.40. The van der Waals surface area contributed by atoms with Gasteiger partial charge in [-0.1, -0.05) is 72.8 Å². The summed E-state index contributed by atoms with van der Waals surface area (Å²) in [5, 5.41) is 11.3. The number of nitro benzene ring substituents is 1. The molecule has 1 atom stereocenters. The largest absolute Gasteiger partial charge is 0.379 e. The molecule has 4 aromatic rings. The zero-order valence-electron chi connectivity index (χ0n) is 21.2. The van der Waals surface area contributed by atoms with E-state index in [2.05, 4.69) is 70.5 Å². The minimum atomic E-state index is -0.351. The van der Waals surface area contributed by atoms with Crippen molar-refractivity contribution in [1.82, 2.24) is 9.88 Å². The van der Waals surface area contributed by atoms with Crippen LogP contribution in [0.2, 0.25) is 0 Å². The third-order valence-electron chi connectivity index (χ3n) is 7.43. The van der Waals surface area contributed by atoms with Crippen LogP contribution in [0.3, 0.4) is 0 Å². The van der Waals surface area contributed by atoms with Crippen molar-refractivity contribution < 1.29 is 9.66 Å². The zero-order chi connectivity index (χ0) is 25.9. The molecule has 0 radical (unpaired) electrons. The number of hydrogen-bond donors (Lipinski definition) is 0. The van der Waals surface area contributed by atoms with Crippen molar-refractivity contribution in [2.45, 2.75) is 19.0 Å². The first kappa shape index (κ1) is 24.3. The van der Waals surface area contributed by atoms with Crippen molar-refractivity contribution in [2.75, 3.05) is 37.7 Å². The predicted molar refractivity (Wildman–Crippen MR) is 148 cm³/mol. The summed E-state index contributed by atoms with van der Waals surface area (Å²) in [7, 11) is 0. The van der Waals surface area contributed by atoms with E-state index in [0.717, 1.165) is 55.1 Å². The molecule has 0 saturated carbocycles. The maximum Gasteiger partial charge on any atom is 0.269 e. The first-order chi connectivity index (χ1) is 18.7. The van der Waals surface area contributed by atoms with Gasteiger partial charge >= 0.3 is 0 Å². The molecular formula is C31H30N4O3. The van der Waals surface area contributed by atoms with E-state index in [-0.39, 0.29) is 16.7 Å². The number of rotatable bonds is 7. The maximum absolute atomic E-state index is 11.3. The van der Waals surface area contributed by atoms with Crippen LogP contribution in [0.4, 0.5) is 11.4 Å². The van der Waals surface area contributed by atoms with Gasteiger partial charge in [0.15, 0.2) is 0 Å². The molecule has 0 bridgehead atoms. The van der Waals surface area contributed by atoms with E-state index in [1.54, 1.807) is 12.1 Å². The van der Waals surface area contributed by atoms with Crippen molar-refractivity contribution >= 4 is 11.4 Å². The van der Waals surface area contributed by atoms with Crippen molar-refractivity contribution in [3.05, 3.63) is 123 Å². The smallest absolute Gasteiger partial charge is 0.269 e. The monoisotopic (exact) mass is 506 g/mol. The molecule has 1 fully saturated rings. The molecule has 2 aliphatic heterocycles. The molecule has 3 heterocycles. The second-order valence-corrected chi connectivity index (χ2v) is 9.83. The number of ether oxygens (including phenoxy) is 1. The van der Waals surface area contributed by atoms with Gasteiger partial charge in [0.2, 0.25) is 0 Å². The minimum absolute atomic E-state index is 0.0953. The van der Waals surface area contributed by atoms with Gasteiger partial charge in [-0.25, -0.2) is 4.98 Å². The number of nitro groups is 1. The second kappa shape index (κ2) is 10.7. The van der Waals surface area contributed by atoms with E-state index in [4.69, 9.17) is 9.72 Å². The summed E-state index contributed by atoms with van der Waals surface area (Å²) in [5.41, 5.74) is 7.93. The highest BCUT2D eigenvalue weighted by Gasteiger charge is 2.31. The maximum atomic E-state index is 11.3. The summed E-state index contributed by atoms with van der Waals surface area (Å²) in [6.07, 6.45) is 0.952. The average Bonchev–Trinajstić information content (AvgIpc) is 3.37. The van der Waals surface area contributed by atoms with Gasteiger partial charge in [-0.15, -0.1) is 0 Å². The number of non-ortho nitro benzene ring substituents is 1. The van der Waals surface area contributed by atoms with Gasteiger partial charge in [0, 0.05) is 43.9 Å². The highest BCUT2D eigenvalue weighted by molar-refractivity contribution is 5.80. The first-order valence-corrected chi connectivity index (χ1v) is 13.1. The lowest BCUT2D eigenvalue weighted by Gasteiger charge is -2.35. The van der Waals surface area contributed by atoms with Crippen molar-refractivity contribution in [2.24, 2.45) is 0 Å². The topological polar surface area (TPSA) is 71.7 Å². The van der Waals surface area contributed by atoms with Crippen molar-refractivity contribution in [3.8, 4) is 11.3 Å². The Hall–Kier alpha value is -4.07. The fourth-order valence-corrected chi connectivity index (χ4v) is 5.61. The van der Waals surface area contributed by atoms with Crippen LogP contribution in [0, 0.1) is 10.1 Å². The Labute approximate surface area is 222 Å². The van der Waals surface area contributed by atoms with Gasteiger partial charge in [0.25, 0.3) is 5.69 Å². The summed E-state index contributed by atoms with van der Waals surface area (Å²) in [6, 6.07) is 30.0. The molecule has 0 spiro atoms. The fourth-order valence-electron chi connectivity index (χ4n) is 5.61. The third kappa shape index (κ3) is 4.90. The normalized spacial score (nSPS) is 16.3. The standard InChI is InChI=1S/C31H30N4O3/c36-35(37)27-13-11-25(12-14-27)30(33-17-19-38-20-18-33)28-21-26-15-16-34(22-23-7-3-1-4-8-23)31(26)29(32-28)24-9-5-2-6-10-24/h1-14,21,30H,15-20,22H2. The van der Waals surface area contributed by atoms with Crippen LogP contribution in [0.1, 0.15) is 28.4 Å². The molecule has 1 saturated heterocycles. The van der Waals surface area contributed by atoms with Crippen LogP contribution in [0.15, 0.2) is 91.0 Å². The second-order valence-electron chi connectivity index (χ2n) is 9.83. The molecule has 6 rings (SSSR count). The summed E-state index contributed by atoms with van der Waals surface area (Å²) in [6.45, 7) is 4.65. The Morgan fingerprint density at radius 1 is 0.895 bits per heavy atom. The summed E-state index contributed by atoms with van der Waals surface area (Å²) in [4.78, 5) is 21.1. The summed E-state index contributed by atoms with van der Waals surface area (Å²) in [5.74, 6) is 0. The van der Waals surface area contributed by atoms with Crippen LogP contribution in [0.25, 0.3) is 11.3 Å². The van der Waals surface area contributed by atoms with Gasteiger partial charge in [0.1, 0.15) is 0 Å². The minimum Gasteiger partial charge on any atom is -0.379 e. The molecule has 1 unspecified atom stereocenters. The molecule has 7 heteroatoms. The number of nitrogens with zero attached hydrogens (tertiary/aromatic N) is 4. The van der Waals surface area contributed by atoms with E-state index in [9.17, 15) is 10.1 Å². The number of aromatic nitrogens is 1. The number of pyridine rings is 1. The van der Waals surface area contributed by atoms with E-state index in [0.29, 0.717) is 13.2 Å². The predicted octanol–water partition coefficient (Wildman–Crippen LogP) is 5.64. The number of morpholine rings is 1. The third-order valence-corrected chi connectivity index (χ3v) is 7.43. The van der Waals surface area contributed by atoms with Gasteiger partial charge in [-0.3, -0.25) is 15.0 Å². The molecule has 1 aromatic heterocycles. The van der Waals surface area contributed by atoms with E-state index in [1.807, 2.05) is 18.2 Å². The Morgan fingerprint density at radius 2 is 1.58 bits per heavy atom. The van der Waals surface area contributed by atoms with Crippen LogP contribution >= 0.6 is 0 Å². The van der Waals surface area contributed by atoms with Crippen molar-refractivity contribution in [3.63, 3.8) is 0 Å². The molecule has 7 nitrogen and oxygen atoms in total. The molecule has 0 amide bonds. The molecule has 3 aromatic carbocycles. The van der Waals surface area contributed by atoms with Crippen LogP contribution in [0.5, 0.6) is 0 Å². The Morgan fingerprint density at radius 3 is 2.26 bits per heavy atom. The average molecular weight is 507 g/mol. The highest BCUT2D eigenvalue weighted by atomic mass is 16.6. The quantitative estimate of drug-likeness (QED) is 0.239. The van der Waals surface area contributed by atoms with Gasteiger partial charge < -0.3 is 9.64 Å². The van der Waals surface area contributed by atoms with Crippen LogP contribution in [-0.4, -0.2) is 47.7 Å². The number of fused-ring (bicyclic) bond motifs is 1. The van der Waals surface area contributed by atoms with E-state index in [1.165, 1.54) is 16.8 Å². The Kier molecular flexibility index (Phi) is 6.86. The molecule has 192 valence electrons. The number of benzene rings is 3. The van der Waals surface area contributed by atoms with Crippen LogP contribution in [-0.2, 0) is 17.7 Å². The van der Waals surface area contributed by atoms with E-state index < -0.39 is 0 Å². The SMILES string of the molecule is O=[N+]([O-])c1ccc(C(c2cc3c(c(-c4ccccc4)n2)N(Cc2ccccc2)CC3)N2CCOCC2)cc1. The molecule has 2 aliphatic rings.